The molecule has 1 saturated heterocycles. The molecule has 1 amide bonds. The lowest BCUT2D eigenvalue weighted by Crippen LogP contribution is -2.59. The van der Waals surface area contributed by atoms with E-state index in [4.69, 9.17) is 23.2 Å². The summed E-state index contributed by atoms with van der Waals surface area (Å²) in [5.41, 5.74) is 0.959. The third kappa shape index (κ3) is 6.08. The average Bonchev–Trinajstić information content (AvgIpc) is 2.71. The van der Waals surface area contributed by atoms with Crippen molar-refractivity contribution >= 4 is 35.1 Å². The zero-order valence-electron chi connectivity index (χ0n) is 19.1. The van der Waals surface area contributed by atoms with Crippen LogP contribution in [0.25, 0.3) is 0 Å². The highest BCUT2D eigenvalue weighted by Crippen LogP contribution is 2.45. The van der Waals surface area contributed by atoms with E-state index in [1.54, 1.807) is 19.9 Å². The number of benzene rings is 2. The lowest BCUT2D eigenvalue weighted by Gasteiger charge is -2.47. The van der Waals surface area contributed by atoms with Gasteiger partial charge in [0, 0.05) is 27.9 Å². The van der Waals surface area contributed by atoms with Crippen molar-refractivity contribution in [1.82, 2.24) is 5.32 Å². The van der Waals surface area contributed by atoms with Gasteiger partial charge in [-0.05, 0) is 61.1 Å². The van der Waals surface area contributed by atoms with E-state index in [9.17, 15) is 19.8 Å². The normalized spacial score (nSPS) is 25.7. The fourth-order valence-corrected chi connectivity index (χ4v) is 5.63. The van der Waals surface area contributed by atoms with Gasteiger partial charge in [-0.1, -0.05) is 61.3 Å². The predicted octanol–water partition coefficient (Wildman–Crippen LogP) is 5.32. The van der Waals surface area contributed by atoms with Crippen LogP contribution < -0.4 is 5.32 Å². The summed E-state index contributed by atoms with van der Waals surface area (Å²) in [5, 5.41) is 24.6. The van der Waals surface area contributed by atoms with E-state index in [0.29, 0.717) is 22.9 Å². The number of aliphatic hydroxyl groups is 1. The summed E-state index contributed by atoms with van der Waals surface area (Å²) in [6, 6.07) is 14.7. The van der Waals surface area contributed by atoms with Crippen LogP contribution in [0.4, 0.5) is 0 Å². The van der Waals surface area contributed by atoms with Crippen LogP contribution in [0.1, 0.15) is 50.7 Å². The second-order valence-corrected chi connectivity index (χ2v) is 10.5. The molecular weight excluding hydrogens is 461 g/mol. The summed E-state index contributed by atoms with van der Waals surface area (Å²) in [4.78, 5) is 24.7. The maximum absolute atomic E-state index is 13.2. The molecule has 0 saturated carbocycles. The van der Waals surface area contributed by atoms with Gasteiger partial charge in [0.15, 0.2) is 0 Å². The van der Waals surface area contributed by atoms with Crippen LogP contribution in [0.3, 0.4) is 0 Å². The fourth-order valence-electron chi connectivity index (χ4n) is 5.30. The minimum atomic E-state index is -1.06. The number of carboxylic acids is 1. The molecule has 3 N–H and O–H groups in total. The first kappa shape index (κ1) is 25.5. The lowest BCUT2D eigenvalue weighted by atomic mass is 9.64. The number of carbonyl (C=O) groups is 2. The van der Waals surface area contributed by atoms with Gasteiger partial charge < -0.3 is 15.5 Å². The fraction of sp³-hybridized carbons (Fsp3) is 0.462. The molecule has 1 heterocycles. The Kier molecular flexibility index (Phi) is 8.09. The van der Waals surface area contributed by atoms with Crippen molar-refractivity contribution in [2.45, 2.75) is 58.1 Å². The van der Waals surface area contributed by atoms with Gasteiger partial charge in [-0.3, -0.25) is 9.59 Å². The number of rotatable bonds is 8. The molecule has 3 rings (SSSR count). The molecule has 0 spiro atoms. The Morgan fingerprint density at radius 1 is 1.15 bits per heavy atom. The number of nitrogens with one attached hydrogen (secondary N) is 1. The third-order valence-electron chi connectivity index (χ3n) is 6.87. The van der Waals surface area contributed by atoms with Crippen molar-refractivity contribution in [2.75, 3.05) is 0 Å². The largest absolute Gasteiger partial charge is 0.481 e. The van der Waals surface area contributed by atoms with Crippen molar-refractivity contribution in [3.63, 3.8) is 0 Å². The molecule has 6 atom stereocenters. The zero-order chi connectivity index (χ0) is 24.3. The van der Waals surface area contributed by atoms with Gasteiger partial charge in [0.2, 0.25) is 5.91 Å². The van der Waals surface area contributed by atoms with E-state index < -0.39 is 17.5 Å². The van der Waals surface area contributed by atoms with Gasteiger partial charge in [0.25, 0.3) is 0 Å². The van der Waals surface area contributed by atoms with Gasteiger partial charge in [0.1, 0.15) is 0 Å². The second-order valence-electron chi connectivity index (χ2n) is 9.62. The summed E-state index contributed by atoms with van der Waals surface area (Å²) < 4.78 is 0. The van der Waals surface area contributed by atoms with Crippen molar-refractivity contribution in [3.05, 3.63) is 69.7 Å². The molecule has 7 heteroatoms. The second kappa shape index (κ2) is 10.5. The first-order valence-corrected chi connectivity index (χ1v) is 12.0. The Hall–Kier alpha value is -2.08. The molecule has 0 radical (unpaired) electrons. The van der Waals surface area contributed by atoms with Crippen molar-refractivity contribution in [1.29, 1.82) is 0 Å². The highest BCUT2D eigenvalue weighted by atomic mass is 35.5. The summed E-state index contributed by atoms with van der Waals surface area (Å²) >= 11 is 12.3. The van der Waals surface area contributed by atoms with E-state index in [1.807, 2.05) is 42.5 Å². The number of hydrogen-bond donors (Lipinski definition) is 3. The number of carboxylic acid groups (broad SMARTS) is 1. The first-order chi connectivity index (χ1) is 15.5. The molecule has 0 bridgehead atoms. The number of halogens is 2. The maximum Gasteiger partial charge on any atom is 0.304 e. The minimum Gasteiger partial charge on any atom is -0.481 e. The zero-order valence-corrected chi connectivity index (χ0v) is 20.6. The number of piperidine rings is 1. The van der Waals surface area contributed by atoms with Gasteiger partial charge in [0.05, 0.1) is 17.9 Å². The quantitative estimate of drug-likeness (QED) is 0.466. The number of aliphatic hydroxyl groups excluding tert-OH is 1. The first-order valence-electron chi connectivity index (χ1n) is 11.2. The van der Waals surface area contributed by atoms with Crippen molar-refractivity contribution < 1.29 is 19.8 Å². The Morgan fingerprint density at radius 2 is 1.82 bits per heavy atom. The van der Waals surface area contributed by atoms with Gasteiger partial charge in [-0.25, -0.2) is 0 Å². The molecule has 33 heavy (non-hydrogen) atoms. The summed E-state index contributed by atoms with van der Waals surface area (Å²) in [6.45, 7) is 5.51. The molecule has 5 nitrogen and oxygen atoms in total. The highest BCUT2D eigenvalue weighted by molar-refractivity contribution is 6.30. The van der Waals surface area contributed by atoms with Crippen LogP contribution in [0.15, 0.2) is 48.5 Å². The average molecular weight is 492 g/mol. The number of amides is 1. The molecule has 1 fully saturated rings. The van der Waals surface area contributed by atoms with Crippen molar-refractivity contribution in [2.24, 2.45) is 17.3 Å². The van der Waals surface area contributed by atoms with E-state index in [1.165, 1.54) is 0 Å². The Labute approximate surface area is 205 Å². The van der Waals surface area contributed by atoms with Crippen LogP contribution in [-0.4, -0.2) is 34.2 Å². The number of carbonyl (C=O) groups excluding carboxylic acids is 1. The molecule has 1 aliphatic rings. The van der Waals surface area contributed by atoms with Gasteiger partial charge in [-0.2, -0.15) is 0 Å². The summed E-state index contributed by atoms with van der Waals surface area (Å²) in [5.74, 6) is -1.74. The Bertz CT molecular complexity index is 994. The predicted molar refractivity (Wildman–Crippen MR) is 131 cm³/mol. The minimum absolute atomic E-state index is 0.0296. The highest BCUT2D eigenvalue weighted by Gasteiger charge is 2.49. The third-order valence-corrected chi connectivity index (χ3v) is 7.35. The van der Waals surface area contributed by atoms with E-state index in [2.05, 4.69) is 12.2 Å². The SMILES string of the molecule is CC(O)C(C(C)Cc1ccc(Cl)cc1)C1NC(=O)C(C)(CC(=O)O)CC1c1cccc(Cl)c1. The summed E-state index contributed by atoms with van der Waals surface area (Å²) in [6.07, 6.45) is 0.103. The van der Waals surface area contributed by atoms with Crippen LogP contribution in [0.2, 0.25) is 10.0 Å². The molecule has 2 aromatic carbocycles. The maximum atomic E-state index is 13.2. The van der Waals surface area contributed by atoms with Crippen LogP contribution >= 0.6 is 23.2 Å². The van der Waals surface area contributed by atoms with E-state index in [0.717, 1.165) is 11.1 Å². The van der Waals surface area contributed by atoms with Crippen LogP contribution in [0, 0.1) is 17.3 Å². The monoisotopic (exact) mass is 491 g/mol. The topological polar surface area (TPSA) is 86.6 Å². The van der Waals surface area contributed by atoms with Gasteiger partial charge in [-0.15, -0.1) is 0 Å². The van der Waals surface area contributed by atoms with Gasteiger partial charge >= 0.3 is 5.97 Å². The van der Waals surface area contributed by atoms with E-state index >= 15 is 0 Å². The lowest BCUT2D eigenvalue weighted by molar-refractivity contribution is -0.148. The molecular formula is C26H31Cl2NO4. The number of hydrogen-bond acceptors (Lipinski definition) is 3. The van der Waals surface area contributed by atoms with E-state index in [-0.39, 0.29) is 36.1 Å². The molecule has 178 valence electrons. The molecule has 2 aromatic rings. The van der Waals surface area contributed by atoms with Crippen molar-refractivity contribution in [3.8, 4) is 0 Å². The molecule has 0 aliphatic carbocycles. The number of aliphatic carboxylic acids is 1. The summed E-state index contributed by atoms with van der Waals surface area (Å²) in [7, 11) is 0. The smallest absolute Gasteiger partial charge is 0.304 e. The Morgan fingerprint density at radius 3 is 2.39 bits per heavy atom. The standard InChI is InChI=1S/C26H31Cl2NO4/c1-15(11-17-7-9-19(27)10-8-17)23(16(2)30)24-21(18-5-4-6-20(28)12-18)13-26(3,14-22(31)32)25(33)29-24/h4-10,12,15-16,21,23-24,30H,11,13-14H2,1-3H3,(H,29,33)(H,31,32). The van der Waals surface area contributed by atoms with Crippen LogP contribution in [-0.2, 0) is 16.0 Å². The molecule has 6 unspecified atom stereocenters. The molecule has 0 aromatic heterocycles. The Balaban J connectivity index is 1.98. The molecule has 1 aliphatic heterocycles. The van der Waals surface area contributed by atoms with Crippen LogP contribution in [0.5, 0.6) is 0 Å².